The van der Waals surface area contributed by atoms with Gasteiger partial charge in [-0.1, -0.05) is 37.4 Å². The molecule has 0 atom stereocenters. The van der Waals surface area contributed by atoms with Gasteiger partial charge in [-0.2, -0.15) is 9.97 Å². The van der Waals surface area contributed by atoms with Crippen molar-refractivity contribution in [2.45, 2.75) is 26.2 Å². The van der Waals surface area contributed by atoms with Gasteiger partial charge in [0.25, 0.3) is 5.91 Å². The lowest BCUT2D eigenvalue weighted by atomic mass is 10.2. The largest absolute Gasteiger partial charge is 0.481 e. The summed E-state index contributed by atoms with van der Waals surface area (Å²) in [6.45, 7) is 1.95. The van der Waals surface area contributed by atoms with Gasteiger partial charge in [-0.3, -0.25) is 4.79 Å². The summed E-state index contributed by atoms with van der Waals surface area (Å²) in [5.74, 6) is -0.730. The Morgan fingerprint density at radius 2 is 1.79 bits per heavy atom. The number of amides is 1. The molecule has 0 aliphatic carbocycles. The highest BCUT2D eigenvalue weighted by Crippen LogP contribution is 2.31. The number of benzene rings is 1. The molecule has 0 radical (unpaired) electrons. The molecule has 0 saturated heterocycles. The Hall–Kier alpha value is -2.59. The van der Waals surface area contributed by atoms with E-state index in [2.05, 4.69) is 9.97 Å². The number of hydrogen-bond donors (Lipinski definition) is 1. The van der Waals surface area contributed by atoms with Gasteiger partial charge in [0, 0.05) is 0 Å². The summed E-state index contributed by atoms with van der Waals surface area (Å²) < 4.78 is 42.0. The number of rotatable bonds is 10. The predicted octanol–water partition coefficient (Wildman–Crippen LogP) is 3.19. The van der Waals surface area contributed by atoms with Crippen LogP contribution in [0.2, 0.25) is 5.02 Å². The van der Waals surface area contributed by atoms with Crippen molar-refractivity contribution < 1.29 is 27.4 Å². The van der Waals surface area contributed by atoms with Crippen LogP contribution >= 0.6 is 11.6 Å². The van der Waals surface area contributed by atoms with Crippen LogP contribution in [0.3, 0.4) is 0 Å². The molecule has 1 heterocycles. The molecule has 0 fully saturated rings. The first kappa shape index (κ1) is 22.7. The molecule has 0 unspecified atom stereocenters. The molecule has 11 heteroatoms. The zero-order valence-electron chi connectivity index (χ0n) is 16.3. The minimum Gasteiger partial charge on any atom is -0.481 e. The maximum Gasteiger partial charge on any atom is 0.328 e. The molecule has 0 aliphatic rings. The van der Waals surface area contributed by atoms with Crippen LogP contribution in [0.1, 0.15) is 36.5 Å². The molecular formula is C18H22ClN3O6S. The maximum absolute atomic E-state index is 12.6. The van der Waals surface area contributed by atoms with Gasteiger partial charge in [-0.15, -0.1) is 0 Å². The molecule has 1 N–H and O–H groups in total. The molecule has 1 aromatic heterocycles. The molecule has 1 amide bonds. The van der Waals surface area contributed by atoms with Gasteiger partial charge >= 0.3 is 6.01 Å². The molecule has 2 rings (SSSR count). The first-order valence-electron chi connectivity index (χ1n) is 8.78. The average Bonchev–Trinajstić information content (AvgIpc) is 2.67. The number of nitrogens with one attached hydrogen (secondary N) is 1. The second-order valence-electron chi connectivity index (χ2n) is 5.91. The number of carbonyl (C=O) groups excluding carboxylic acids is 1. The lowest BCUT2D eigenvalue weighted by Gasteiger charge is -2.13. The van der Waals surface area contributed by atoms with Crippen LogP contribution in [0, 0.1) is 0 Å². The van der Waals surface area contributed by atoms with Crippen LogP contribution in [0.4, 0.5) is 0 Å². The van der Waals surface area contributed by atoms with E-state index in [-0.39, 0.29) is 39.9 Å². The lowest BCUT2D eigenvalue weighted by Crippen LogP contribution is -2.33. The van der Waals surface area contributed by atoms with E-state index < -0.39 is 15.9 Å². The minimum atomic E-state index is -3.81. The number of halogens is 1. The first-order valence-corrected chi connectivity index (χ1v) is 10.8. The quantitative estimate of drug-likeness (QED) is 0.556. The molecule has 9 nitrogen and oxygen atoms in total. The molecule has 0 bridgehead atoms. The Labute approximate surface area is 174 Å². The highest BCUT2D eigenvalue weighted by atomic mass is 35.5. The highest BCUT2D eigenvalue weighted by molar-refractivity contribution is 7.90. The molecule has 158 valence electrons. The van der Waals surface area contributed by atoms with Gasteiger partial charge in [0.05, 0.1) is 31.1 Å². The molecule has 0 spiro atoms. The molecule has 1 aromatic carbocycles. The number of aromatic nitrogens is 2. The van der Waals surface area contributed by atoms with Crippen LogP contribution < -0.4 is 18.9 Å². The Kier molecular flexibility index (Phi) is 8.03. The fourth-order valence-corrected chi connectivity index (χ4v) is 3.65. The van der Waals surface area contributed by atoms with E-state index in [1.807, 2.05) is 11.6 Å². The summed E-state index contributed by atoms with van der Waals surface area (Å²) in [5, 5.41) is 0.0126. The van der Waals surface area contributed by atoms with E-state index in [9.17, 15) is 13.2 Å². The molecular weight excluding hydrogens is 422 g/mol. The van der Waals surface area contributed by atoms with E-state index in [0.29, 0.717) is 6.42 Å². The Bertz CT molecular complexity index is 946. The molecule has 0 aliphatic heterocycles. The monoisotopic (exact) mass is 443 g/mol. The third-order valence-electron chi connectivity index (χ3n) is 3.75. The summed E-state index contributed by atoms with van der Waals surface area (Å²) in [6, 6.07) is 5.71. The Balaban J connectivity index is 2.30. The van der Waals surface area contributed by atoms with Gasteiger partial charge in [0.15, 0.2) is 0 Å². The van der Waals surface area contributed by atoms with Crippen LogP contribution in [0.5, 0.6) is 23.5 Å². The summed E-state index contributed by atoms with van der Waals surface area (Å²) in [4.78, 5) is 20.7. The third-order valence-corrected chi connectivity index (χ3v) is 5.38. The lowest BCUT2D eigenvalue weighted by molar-refractivity contribution is 0.0979. The van der Waals surface area contributed by atoms with Gasteiger partial charge in [-0.05, 0) is 18.6 Å². The zero-order valence-corrected chi connectivity index (χ0v) is 17.8. The van der Waals surface area contributed by atoms with Crippen LogP contribution in [-0.2, 0) is 10.0 Å². The smallest absolute Gasteiger partial charge is 0.328 e. The van der Waals surface area contributed by atoms with E-state index >= 15 is 0 Å². The van der Waals surface area contributed by atoms with Crippen molar-refractivity contribution in [3.8, 4) is 23.5 Å². The highest BCUT2D eigenvalue weighted by Gasteiger charge is 2.23. The number of nitrogens with zero attached hydrogens (tertiary/aromatic N) is 2. The van der Waals surface area contributed by atoms with Crippen LogP contribution in [-0.4, -0.2) is 44.3 Å². The standard InChI is InChI=1S/C18H22ClN3O6S/c1-4-5-6-10-29(24,25)22-17(23)16-12(19)8-7-9-13(16)28-18-20-14(26-2)11-15(21-18)27-3/h7-9,11H,4-6,10H2,1-3H3,(H,22,23). The topological polar surface area (TPSA) is 117 Å². The number of sulfonamides is 1. The van der Waals surface area contributed by atoms with Crippen molar-refractivity contribution in [2.75, 3.05) is 20.0 Å². The van der Waals surface area contributed by atoms with Gasteiger partial charge in [0.1, 0.15) is 11.3 Å². The Morgan fingerprint density at radius 3 is 2.38 bits per heavy atom. The van der Waals surface area contributed by atoms with E-state index in [0.717, 1.165) is 12.8 Å². The van der Waals surface area contributed by atoms with Gasteiger partial charge < -0.3 is 14.2 Å². The normalized spacial score (nSPS) is 11.0. The van der Waals surface area contributed by atoms with Crippen LogP contribution in [0.15, 0.2) is 24.3 Å². The SMILES string of the molecule is CCCCCS(=O)(=O)NC(=O)c1c(Cl)cccc1Oc1nc(OC)cc(OC)n1. The number of methoxy groups -OCH3 is 2. The van der Waals surface area contributed by atoms with Gasteiger partial charge in [0.2, 0.25) is 21.8 Å². The average molecular weight is 444 g/mol. The summed E-state index contributed by atoms with van der Waals surface area (Å²) >= 11 is 6.14. The van der Waals surface area contributed by atoms with Crippen molar-refractivity contribution in [3.63, 3.8) is 0 Å². The third kappa shape index (κ3) is 6.47. The predicted molar refractivity (Wildman–Crippen MR) is 107 cm³/mol. The minimum absolute atomic E-state index is 0.0126. The van der Waals surface area contributed by atoms with Crippen molar-refractivity contribution in [3.05, 3.63) is 34.9 Å². The fraction of sp³-hybridized carbons (Fsp3) is 0.389. The Morgan fingerprint density at radius 1 is 1.14 bits per heavy atom. The summed E-state index contributed by atoms with van der Waals surface area (Å²) in [7, 11) is -0.994. The van der Waals surface area contributed by atoms with Gasteiger partial charge in [-0.25, -0.2) is 13.1 Å². The van der Waals surface area contributed by atoms with Crippen molar-refractivity contribution in [1.29, 1.82) is 0 Å². The number of carbonyl (C=O) groups is 1. The second-order valence-corrected chi connectivity index (χ2v) is 8.16. The van der Waals surface area contributed by atoms with E-state index in [1.165, 1.54) is 32.4 Å². The molecule has 29 heavy (non-hydrogen) atoms. The molecule has 2 aromatic rings. The zero-order chi connectivity index (χ0) is 21.4. The number of unbranched alkanes of at least 4 members (excludes halogenated alkanes) is 2. The van der Waals surface area contributed by atoms with Crippen molar-refractivity contribution >= 4 is 27.5 Å². The molecule has 0 saturated carbocycles. The fourth-order valence-electron chi connectivity index (χ4n) is 2.33. The summed E-state index contributed by atoms with van der Waals surface area (Å²) in [5.41, 5.74) is -0.154. The van der Waals surface area contributed by atoms with Crippen LogP contribution in [0.25, 0.3) is 0 Å². The van der Waals surface area contributed by atoms with Crippen molar-refractivity contribution in [1.82, 2.24) is 14.7 Å². The second kappa shape index (κ2) is 10.3. The number of hydrogen-bond acceptors (Lipinski definition) is 8. The first-order chi connectivity index (χ1) is 13.8. The maximum atomic E-state index is 12.6. The summed E-state index contributed by atoms with van der Waals surface area (Å²) in [6.07, 6.45) is 2.04. The van der Waals surface area contributed by atoms with Crippen molar-refractivity contribution in [2.24, 2.45) is 0 Å². The van der Waals surface area contributed by atoms with E-state index in [1.54, 1.807) is 6.07 Å². The van der Waals surface area contributed by atoms with E-state index in [4.69, 9.17) is 25.8 Å². The number of ether oxygens (including phenoxy) is 3.